The van der Waals surface area contributed by atoms with Gasteiger partial charge in [-0.3, -0.25) is 14.4 Å². The van der Waals surface area contributed by atoms with Crippen molar-refractivity contribution in [2.45, 2.75) is 19.6 Å². The molecule has 0 saturated heterocycles. The van der Waals surface area contributed by atoms with Crippen LogP contribution in [0, 0.1) is 0 Å². The normalized spacial score (nSPS) is 11.5. The molecule has 1 aromatic carbocycles. The Bertz CT molecular complexity index is 765. The third-order valence-corrected chi connectivity index (χ3v) is 4.43. The molecule has 2 rings (SSSR count). The maximum Gasteiger partial charge on any atom is 0.316 e. The minimum Gasteiger partial charge on any atom is -0.467 e. The molecule has 27 heavy (non-hydrogen) atoms. The van der Waals surface area contributed by atoms with Crippen LogP contribution in [0.25, 0.3) is 0 Å². The average Bonchev–Trinajstić information content (AvgIpc) is 3.15. The first-order valence-corrected chi connectivity index (χ1v) is 9.60. The summed E-state index contributed by atoms with van der Waals surface area (Å²) in [5.41, 5.74) is 0.620. The Kier molecular flexibility index (Phi) is 8.22. The Morgan fingerprint density at radius 2 is 1.93 bits per heavy atom. The van der Waals surface area contributed by atoms with Gasteiger partial charge in [0.25, 0.3) is 5.91 Å². The number of benzene rings is 1. The van der Waals surface area contributed by atoms with Crippen LogP contribution >= 0.6 is 23.4 Å². The number of rotatable bonds is 9. The zero-order chi connectivity index (χ0) is 19.6. The zero-order valence-corrected chi connectivity index (χ0v) is 16.1. The fourth-order valence-electron chi connectivity index (χ4n) is 1.97. The first-order valence-electron chi connectivity index (χ1n) is 8.07. The van der Waals surface area contributed by atoms with E-state index in [1.54, 1.807) is 36.4 Å². The topological polar surface area (TPSA) is 97.6 Å². The lowest BCUT2D eigenvalue weighted by Gasteiger charge is -2.12. The lowest BCUT2D eigenvalue weighted by atomic mass is 10.3. The van der Waals surface area contributed by atoms with Gasteiger partial charge in [0.1, 0.15) is 5.76 Å². The number of hydrogen-bond donors (Lipinski definition) is 2. The van der Waals surface area contributed by atoms with Crippen LogP contribution in [0.4, 0.5) is 5.69 Å². The first-order chi connectivity index (χ1) is 12.9. The molecule has 0 aliphatic carbocycles. The van der Waals surface area contributed by atoms with Crippen molar-refractivity contribution >= 4 is 46.8 Å². The summed E-state index contributed by atoms with van der Waals surface area (Å²) < 4.78 is 10.1. The molecule has 1 atom stereocenters. The fourth-order valence-corrected chi connectivity index (χ4v) is 2.69. The van der Waals surface area contributed by atoms with Crippen molar-refractivity contribution in [3.8, 4) is 0 Å². The third-order valence-electron chi connectivity index (χ3n) is 3.28. The number of halogens is 1. The number of carbonyl (C=O) groups excluding carboxylic acids is 3. The van der Waals surface area contributed by atoms with Gasteiger partial charge in [0.2, 0.25) is 5.91 Å². The molecule has 0 saturated carbocycles. The lowest BCUT2D eigenvalue weighted by Crippen LogP contribution is -2.35. The van der Waals surface area contributed by atoms with Crippen molar-refractivity contribution in [2.75, 3.05) is 16.8 Å². The average molecular weight is 411 g/mol. The second-order valence-electron chi connectivity index (χ2n) is 5.48. The molecule has 0 bridgehead atoms. The second-order valence-corrected chi connectivity index (χ2v) is 6.90. The number of amides is 2. The number of furan rings is 1. The van der Waals surface area contributed by atoms with E-state index in [2.05, 4.69) is 10.6 Å². The largest absolute Gasteiger partial charge is 0.467 e. The molecule has 1 heterocycles. The quantitative estimate of drug-likeness (QED) is 0.617. The molecule has 2 N–H and O–H groups in total. The fraction of sp³-hybridized carbons (Fsp3) is 0.278. The molecular weight excluding hydrogens is 392 g/mol. The maximum atomic E-state index is 11.9. The summed E-state index contributed by atoms with van der Waals surface area (Å²) in [6.07, 6.45) is 0.571. The molecule has 144 valence electrons. The molecule has 0 radical (unpaired) electrons. The smallest absolute Gasteiger partial charge is 0.316 e. The van der Waals surface area contributed by atoms with E-state index in [1.165, 1.54) is 13.2 Å². The highest BCUT2D eigenvalue weighted by molar-refractivity contribution is 8.00. The number of ether oxygens (including phenoxy) is 1. The minimum atomic E-state index is -0.934. The minimum absolute atomic E-state index is 0.0379. The van der Waals surface area contributed by atoms with Gasteiger partial charge in [0.05, 0.1) is 24.3 Å². The van der Waals surface area contributed by atoms with E-state index in [1.807, 2.05) is 0 Å². The first kappa shape index (κ1) is 20.9. The van der Waals surface area contributed by atoms with Gasteiger partial charge >= 0.3 is 5.97 Å². The Hall–Kier alpha value is -2.45. The van der Waals surface area contributed by atoms with Crippen molar-refractivity contribution in [3.05, 3.63) is 53.4 Å². The van der Waals surface area contributed by atoms with Crippen LogP contribution in [0.1, 0.15) is 12.7 Å². The summed E-state index contributed by atoms with van der Waals surface area (Å²) in [4.78, 5) is 35.5. The van der Waals surface area contributed by atoms with Crippen LogP contribution in [0.5, 0.6) is 0 Å². The van der Waals surface area contributed by atoms with Gasteiger partial charge in [-0.2, -0.15) is 0 Å². The molecule has 2 amide bonds. The van der Waals surface area contributed by atoms with E-state index in [0.29, 0.717) is 16.5 Å². The van der Waals surface area contributed by atoms with Gasteiger partial charge in [-0.15, -0.1) is 11.8 Å². The number of nitrogens with one attached hydrogen (secondary N) is 2. The van der Waals surface area contributed by atoms with Crippen LogP contribution in [-0.2, 0) is 25.7 Å². The van der Waals surface area contributed by atoms with Crippen molar-refractivity contribution in [1.29, 1.82) is 0 Å². The monoisotopic (exact) mass is 410 g/mol. The Labute approximate surface area is 165 Å². The molecule has 9 heteroatoms. The standard InChI is InChI=1S/C18H19ClN2O5S/c1-12(18(24)20-9-15-3-2-8-25-15)26-17(23)11-27-10-16(22)21-14-6-4-13(19)5-7-14/h2-8,12H,9-11H2,1H3,(H,20,24)(H,21,22)/t12-/m1/s1. The van der Waals surface area contributed by atoms with Gasteiger partial charge < -0.3 is 19.8 Å². The summed E-state index contributed by atoms with van der Waals surface area (Å²) in [5, 5.41) is 5.87. The second kappa shape index (κ2) is 10.6. The maximum absolute atomic E-state index is 11.9. The van der Waals surface area contributed by atoms with Gasteiger partial charge in [0.15, 0.2) is 6.10 Å². The Morgan fingerprint density at radius 1 is 1.19 bits per heavy atom. The van der Waals surface area contributed by atoms with E-state index in [-0.39, 0.29) is 24.0 Å². The van der Waals surface area contributed by atoms with Gasteiger partial charge in [-0.25, -0.2) is 0 Å². The van der Waals surface area contributed by atoms with Crippen LogP contribution in [-0.4, -0.2) is 35.4 Å². The molecule has 7 nitrogen and oxygen atoms in total. The lowest BCUT2D eigenvalue weighted by molar-refractivity contribution is -0.152. The summed E-state index contributed by atoms with van der Waals surface area (Å²) in [5.74, 6) is -0.602. The highest BCUT2D eigenvalue weighted by atomic mass is 35.5. The van der Waals surface area contributed by atoms with Crippen LogP contribution in [0.15, 0.2) is 47.1 Å². The summed E-state index contributed by atoms with van der Waals surface area (Å²) in [6, 6.07) is 10.1. The van der Waals surface area contributed by atoms with Gasteiger partial charge in [-0.1, -0.05) is 11.6 Å². The number of hydrogen-bond acceptors (Lipinski definition) is 6. The van der Waals surface area contributed by atoms with E-state index in [4.69, 9.17) is 20.8 Å². The summed E-state index contributed by atoms with van der Waals surface area (Å²) in [6.45, 7) is 1.70. The number of esters is 1. The van der Waals surface area contributed by atoms with Gasteiger partial charge in [-0.05, 0) is 43.3 Å². The van der Waals surface area contributed by atoms with E-state index in [0.717, 1.165) is 11.8 Å². The van der Waals surface area contributed by atoms with Crippen molar-refractivity contribution < 1.29 is 23.5 Å². The van der Waals surface area contributed by atoms with Gasteiger partial charge in [0, 0.05) is 10.7 Å². The van der Waals surface area contributed by atoms with Crippen LogP contribution < -0.4 is 10.6 Å². The zero-order valence-electron chi connectivity index (χ0n) is 14.6. The molecule has 0 fully saturated rings. The molecule has 0 aliphatic rings. The van der Waals surface area contributed by atoms with Crippen molar-refractivity contribution in [3.63, 3.8) is 0 Å². The van der Waals surface area contributed by atoms with Crippen LogP contribution in [0.3, 0.4) is 0 Å². The van der Waals surface area contributed by atoms with Crippen molar-refractivity contribution in [1.82, 2.24) is 5.32 Å². The number of thioether (sulfide) groups is 1. The van der Waals surface area contributed by atoms with E-state index < -0.39 is 18.0 Å². The van der Waals surface area contributed by atoms with E-state index >= 15 is 0 Å². The molecule has 1 aromatic heterocycles. The third kappa shape index (κ3) is 7.76. The SMILES string of the molecule is C[C@@H](OC(=O)CSCC(=O)Nc1ccc(Cl)cc1)C(=O)NCc1ccco1. The Balaban J connectivity index is 1.62. The summed E-state index contributed by atoms with van der Waals surface area (Å²) in [7, 11) is 0. The molecule has 0 aliphatic heterocycles. The highest BCUT2D eigenvalue weighted by Crippen LogP contribution is 2.14. The molecule has 2 aromatic rings. The molecular formula is C18H19ClN2O5S. The molecule has 0 spiro atoms. The number of anilines is 1. The number of carbonyl (C=O) groups is 3. The predicted molar refractivity (Wildman–Crippen MR) is 104 cm³/mol. The summed E-state index contributed by atoms with van der Waals surface area (Å²) >= 11 is 6.87. The predicted octanol–water partition coefficient (Wildman–Crippen LogP) is 2.85. The van der Waals surface area contributed by atoms with Crippen LogP contribution in [0.2, 0.25) is 5.02 Å². The highest BCUT2D eigenvalue weighted by Gasteiger charge is 2.18. The molecule has 0 unspecified atom stereocenters. The Morgan fingerprint density at radius 3 is 2.59 bits per heavy atom. The van der Waals surface area contributed by atoms with Crippen molar-refractivity contribution in [2.24, 2.45) is 0 Å². The van der Waals surface area contributed by atoms with E-state index in [9.17, 15) is 14.4 Å².